The lowest BCUT2D eigenvalue weighted by Gasteiger charge is -2.53. The molecule has 140 valence electrons. The number of nitrogens with zero attached hydrogens (tertiary/aromatic N) is 1. The second kappa shape index (κ2) is 5.40. The second-order valence-electron chi connectivity index (χ2n) is 9.91. The summed E-state index contributed by atoms with van der Waals surface area (Å²) in [4.78, 5) is 2.61. The number of rotatable bonds is 1. The molecule has 0 spiro atoms. The maximum Gasteiger partial charge on any atom is 0.130 e. The predicted molar refractivity (Wildman–Crippen MR) is 104 cm³/mol. The molecule has 0 aromatic rings. The van der Waals surface area contributed by atoms with Gasteiger partial charge < -0.3 is 15.3 Å². The Bertz CT molecular complexity index is 727. The summed E-state index contributed by atoms with van der Waals surface area (Å²) in [6.07, 6.45) is 16.2. The van der Waals surface area contributed by atoms with Crippen LogP contribution in [0.5, 0.6) is 0 Å². The van der Waals surface area contributed by atoms with Crippen molar-refractivity contribution in [2.45, 2.75) is 51.6 Å². The number of fused-ring (bicyclic) bond motifs is 5. The molecule has 2 saturated carbocycles. The van der Waals surface area contributed by atoms with E-state index in [-0.39, 0.29) is 10.8 Å². The van der Waals surface area contributed by atoms with Crippen LogP contribution in [0.15, 0.2) is 23.4 Å². The summed E-state index contributed by atoms with van der Waals surface area (Å²) in [7, 11) is 0. The minimum absolute atomic E-state index is 0.105. The highest BCUT2D eigenvalue weighted by atomic mass is 16.3. The molecule has 0 aromatic heterocycles. The van der Waals surface area contributed by atoms with E-state index in [1.165, 1.54) is 12.8 Å². The van der Waals surface area contributed by atoms with Gasteiger partial charge in [0.25, 0.3) is 0 Å². The van der Waals surface area contributed by atoms with Crippen LogP contribution in [-0.2, 0) is 0 Å². The first-order valence-corrected chi connectivity index (χ1v) is 10.5. The molecular weight excluding hydrogens is 320 g/mol. The lowest BCUT2D eigenvalue weighted by atomic mass is 9.52. The zero-order valence-corrected chi connectivity index (χ0v) is 16.2. The van der Waals surface area contributed by atoms with Crippen molar-refractivity contribution in [3.8, 4) is 12.3 Å². The van der Waals surface area contributed by atoms with Gasteiger partial charge in [-0.3, -0.25) is 0 Å². The molecule has 0 radical (unpaired) electrons. The largest absolute Gasteiger partial charge is 0.377 e. The van der Waals surface area contributed by atoms with Gasteiger partial charge in [-0.25, -0.2) is 0 Å². The molecule has 1 unspecified atom stereocenters. The molecule has 3 fully saturated rings. The maximum absolute atomic E-state index is 11.1. The number of terminal acetylenes is 1. The van der Waals surface area contributed by atoms with Crippen LogP contribution in [-0.4, -0.2) is 41.8 Å². The Balaban J connectivity index is 1.47. The third-order valence-corrected chi connectivity index (χ3v) is 8.75. The van der Waals surface area contributed by atoms with E-state index in [1.54, 1.807) is 11.3 Å². The maximum atomic E-state index is 11.1. The number of hydrogen-bond acceptors (Lipinski definition) is 3. The summed E-state index contributed by atoms with van der Waals surface area (Å²) in [5, 5.41) is 14.6. The lowest BCUT2D eigenvalue weighted by molar-refractivity contribution is -0.0737. The molecule has 5 rings (SSSR count). The molecule has 0 amide bonds. The Labute approximate surface area is 157 Å². The zero-order valence-electron chi connectivity index (χ0n) is 16.2. The van der Waals surface area contributed by atoms with Crippen LogP contribution < -0.4 is 5.32 Å². The van der Waals surface area contributed by atoms with E-state index in [4.69, 9.17) is 6.42 Å². The van der Waals surface area contributed by atoms with E-state index >= 15 is 0 Å². The molecular formula is C23H32N2O. The molecule has 1 saturated heterocycles. The number of allylic oxidation sites excluding steroid dienone is 3. The van der Waals surface area contributed by atoms with Crippen molar-refractivity contribution in [1.82, 2.24) is 10.2 Å². The van der Waals surface area contributed by atoms with Gasteiger partial charge in [-0.2, -0.15) is 0 Å². The Hall–Kier alpha value is -1.24. The van der Waals surface area contributed by atoms with Crippen LogP contribution in [0.25, 0.3) is 0 Å². The second-order valence-corrected chi connectivity index (χ2v) is 9.91. The van der Waals surface area contributed by atoms with Gasteiger partial charge in [0.1, 0.15) is 5.60 Å². The molecule has 3 heteroatoms. The minimum Gasteiger partial charge on any atom is -0.377 e. The van der Waals surface area contributed by atoms with E-state index in [9.17, 15) is 5.11 Å². The monoisotopic (exact) mass is 352 g/mol. The molecule has 3 nitrogen and oxygen atoms in total. The van der Waals surface area contributed by atoms with Crippen molar-refractivity contribution in [3.05, 3.63) is 23.4 Å². The van der Waals surface area contributed by atoms with Crippen molar-refractivity contribution in [1.29, 1.82) is 0 Å². The van der Waals surface area contributed by atoms with E-state index < -0.39 is 5.60 Å². The highest BCUT2D eigenvalue weighted by Crippen LogP contribution is 2.66. The normalized spacial score (nSPS) is 49.8. The van der Waals surface area contributed by atoms with Gasteiger partial charge in [-0.05, 0) is 61.5 Å². The summed E-state index contributed by atoms with van der Waals surface area (Å²) < 4.78 is 0. The molecule has 1 heterocycles. The Morgan fingerprint density at radius 1 is 1.23 bits per heavy atom. The number of nitrogens with one attached hydrogen (secondary N) is 1. The SMILES string of the molecule is C#C[C@]1(O)CC[C@H]2[C@@H]3CC4(C)C=C(C=C4N4CCNCC4)[C@H]3CC[C@@]21C. The van der Waals surface area contributed by atoms with E-state index in [0.29, 0.717) is 17.8 Å². The Morgan fingerprint density at radius 2 is 2.00 bits per heavy atom. The van der Waals surface area contributed by atoms with Crippen LogP contribution >= 0.6 is 0 Å². The highest BCUT2D eigenvalue weighted by Gasteiger charge is 2.63. The van der Waals surface area contributed by atoms with Gasteiger partial charge in [-0.15, -0.1) is 6.42 Å². The lowest BCUT2D eigenvalue weighted by Crippen LogP contribution is -2.51. The van der Waals surface area contributed by atoms with Gasteiger partial charge >= 0.3 is 0 Å². The summed E-state index contributed by atoms with van der Waals surface area (Å²) in [6.45, 7) is 9.14. The summed E-state index contributed by atoms with van der Waals surface area (Å²) in [5.74, 6) is 4.69. The number of aliphatic hydroxyl groups is 1. The molecule has 2 bridgehead atoms. The van der Waals surface area contributed by atoms with E-state index in [1.807, 2.05) is 0 Å². The zero-order chi connectivity index (χ0) is 18.2. The molecule has 26 heavy (non-hydrogen) atoms. The quantitative estimate of drug-likeness (QED) is 0.712. The first-order valence-electron chi connectivity index (χ1n) is 10.5. The standard InChI is InChI=1S/C23H32N2O/c1-4-23(26)8-6-19-18-15-21(2)14-16(17(18)5-7-22(19,23)3)13-20(21)25-11-9-24-10-12-25/h1,13-14,17-19,24,26H,5-12,15H2,2-3H3/t17-,18-,19+,21?,22+,23+/m1/s1. The summed E-state index contributed by atoms with van der Waals surface area (Å²) in [6, 6.07) is 0. The summed E-state index contributed by atoms with van der Waals surface area (Å²) >= 11 is 0. The average Bonchev–Trinajstić information content (AvgIpc) is 3.08. The first-order chi connectivity index (χ1) is 12.4. The van der Waals surface area contributed by atoms with Crippen LogP contribution in [0, 0.1) is 40.9 Å². The minimum atomic E-state index is -0.900. The summed E-state index contributed by atoms with van der Waals surface area (Å²) in [5.41, 5.74) is 2.30. The van der Waals surface area contributed by atoms with Gasteiger partial charge in [0.05, 0.1) is 0 Å². The van der Waals surface area contributed by atoms with Crippen LogP contribution in [0.4, 0.5) is 0 Å². The molecule has 1 aliphatic heterocycles. The fourth-order valence-corrected chi connectivity index (χ4v) is 7.27. The van der Waals surface area contributed by atoms with Crippen molar-refractivity contribution < 1.29 is 5.11 Å². The van der Waals surface area contributed by atoms with Crippen molar-refractivity contribution in [2.75, 3.05) is 26.2 Å². The van der Waals surface area contributed by atoms with Crippen molar-refractivity contribution in [2.24, 2.45) is 28.6 Å². The van der Waals surface area contributed by atoms with Crippen LogP contribution in [0.3, 0.4) is 0 Å². The first kappa shape index (κ1) is 16.9. The number of hydrogen-bond donors (Lipinski definition) is 2. The van der Waals surface area contributed by atoms with Crippen LogP contribution in [0.2, 0.25) is 0 Å². The smallest absolute Gasteiger partial charge is 0.130 e. The predicted octanol–water partition coefficient (Wildman–Crippen LogP) is 2.93. The van der Waals surface area contributed by atoms with Gasteiger partial charge in [-0.1, -0.05) is 25.8 Å². The number of piperazine rings is 1. The van der Waals surface area contributed by atoms with E-state index in [2.05, 4.69) is 42.1 Å². The van der Waals surface area contributed by atoms with Crippen LogP contribution in [0.1, 0.15) is 46.0 Å². The van der Waals surface area contributed by atoms with Gasteiger partial charge in [0.2, 0.25) is 0 Å². The molecule has 0 aromatic carbocycles. The Kier molecular flexibility index (Phi) is 3.51. The van der Waals surface area contributed by atoms with Gasteiger partial charge in [0.15, 0.2) is 0 Å². The molecule has 5 aliphatic rings. The highest BCUT2D eigenvalue weighted by molar-refractivity contribution is 5.45. The third kappa shape index (κ3) is 2.04. The molecule has 6 atom stereocenters. The topological polar surface area (TPSA) is 35.5 Å². The van der Waals surface area contributed by atoms with Crippen molar-refractivity contribution in [3.63, 3.8) is 0 Å². The molecule has 4 aliphatic carbocycles. The average molecular weight is 353 g/mol. The fraction of sp³-hybridized carbons (Fsp3) is 0.739. The fourth-order valence-electron chi connectivity index (χ4n) is 7.27. The van der Waals surface area contributed by atoms with E-state index in [0.717, 1.165) is 45.4 Å². The Morgan fingerprint density at radius 3 is 2.73 bits per heavy atom. The van der Waals surface area contributed by atoms with Gasteiger partial charge in [0, 0.05) is 42.7 Å². The van der Waals surface area contributed by atoms with Crippen molar-refractivity contribution >= 4 is 0 Å². The third-order valence-electron chi connectivity index (χ3n) is 8.75. The molecule has 2 N–H and O–H groups in total.